The van der Waals surface area contributed by atoms with Crippen molar-refractivity contribution in [1.29, 1.82) is 5.26 Å². The van der Waals surface area contributed by atoms with Crippen molar-refractivity contribution in [1.82, 2.24) is 10.2 Å². The highest BCUT2D eigenvalue weighted by Gasteiger charge is 2.44. The number of rotatable bonds is 2. The van der Waals surface area contributed by atoms with E-state index in [0.29, 0.717) is 18.5 Å². The number of carboxylic acids is 1. The lowest BCUT2D eigenvalue weighted by molar-refractivity contribution is -0.145. The van der Waals surface area contributed by atoms with Crippen LogP contribution in [0.4, 0.5) is 5.82 Å². The van der Waals surface area contributed by atoms with Crippen LogP contribution in [-0.4, -0.2) is 21.3 Å². The number of aromatic amines is 1. The number of aromatic nitrogens is 2. The summed E-state index contributed by atoms with van der Waals surface area (Å²) in [7, 11) is 0. The quantitative estimate of drug-likeness (QED) is 0.709. The largest absolute Gasteiger partial charge is 0.481 e. The van der Waals surface area contributed by atoms with Gasteiger partial charge in [0.2, 0.25) is 0 Å². The second-order valence-electron chi connectivity index (χ2n) is 4.42. The van der Waals surface area contributed by atoms with Crippen LogP contribution < -0.4 is 5.73 Å². The van der Waals surface area contributed by atoms with Crippen LogP contribution in [-0.2, 0) is 10.2 Å². The molecule has 0 aromatic carbocycles. The molecule has 6 heteroatoms. The van der Waals surface area contributed by atoms with Gasteiger partial charge in [0.1, 0.15) is 17.0 Å². The van der Waals surface area contributed by atoms with Crippen molar-refractivity contribution in [2.75, 3.05) is 5.73 Å². The molecule has 90 valence electrons. The van der Waals surface area contributed by atoms with E-state index in [0.717, 1.165) is 19.3 Å². The Morgan fingerprint density at radius 2 is 2.12 bits per heavy atom. The smallest absolute Gasteiger partial charge is 0.315 e. The van der Waals surface area contributed by atoms with E-state index in [1.54, 1.807) is 0 Å². The van der Waals surface area contributed by atoms with E-state index in [1.807, 2.05) is 6.07 Å². The summed E-state index contributed by atoms with van der Waals surface area (Å²) in [5, 5.41) is 24.9. The monoisotopic (exact) mass is 234 g/mol. The van der Waals surface area contributed by atoms with Gasteiger partial charge in [-0.25, -0.2) is 0 Å². The van der Waals surface area contributed by atoms with Gasteiger partial charge in [0.15, 0.2) is 5.82 Å². The molecule has 1 aliphatic carbocycles. The Hall–Kier alpha value is -2.03. The van der Waals surface area contributed by atoms with Gasteiger partial charge in [0.05, 0.1) is 5.69 Å². The second-order valence-corrected chi connectivity index (χ2v) is 4.42. The molecule has 0 aliphatic heterocycles. The number of H-pyrrole nitrogens is 1. The molecule has 1 saturated carbocycles. The molecule has 0 radical (unpaired) electrons. The van der Waals surface area contributed by atoms with Gasteiger partial charge in [0, 0.05) is 0 Å². The SMILES string of the molecule is N#Cc1c(N)n[nH]c1C1(C(=O)O)CCCCC1. The van der Waals surface area contributed by atoms with Crippen molar-refractivity contribution in [2.24, 2.45) is 0 Å². The van der Waals surface area contributed by atoms with Gasteiger partial charge in [-0.3, -0.25) is 9.89 Å². The summed E-state index contributed by atoms with van der Waals surface area (Å²) in [6.07, 6.45) is 3.77. The van der Waals surface area contributed by atoms with Gasteiger partial charge in [-0.2, -0.15) is 10.4 Å². The average Bonchev–Trinajstić information content (AvgIpc) is 2.71. The zero-order chi connectivity index (χ0) is 12.5. The molecular formula is C11H14N4O2. The summed E-state index contributed by atoms with van der Waals surface area (Å²) in [4.78, 5) is 11.6. The van der Waals surface area contributed by atoms with Crippen LogP contribution in [0.1, 0.15) is 43.4 Å². The molecule has 0 spiro atoms. The Labute approximate surface area is 98.4 Å². The van der Waals surface area contributed by atoms with Crippen molar-refractivity contribution in [3.63, 3.8) is 0 Å². The number of hydrogen-bond donors (Lipinski definition) is 3. The number of nitrogen functional groups attached to an aromatic ring is 1. The summed E-state index contributed by atoms with van der Waals surface area (Å²) < 4.78 is 0. The molecule has 2 rings (SSSR count). The third-order valence-electron chi connectivity index (χ3n) is 3.50. The number of aliphatic carboxylic acids is 1. The minimum atomic E-state index is -1.02. The summed E-state index contributed by atoms with van der Waals surface area (Å²) in [6, 6.07) is 1.94. The molecule has 0 saturated heterocycles. The molecule has 17 heavy (non-hydrogen) atoms. The van der Waals surface area contributed by atoms with Crippen molar-refractivity contribution < 1.29 is 9.90 Å². The minimum absolute atomic E-state index is 0.0775. The molecule has 1 aliphatic rings. The van der Waals surface area contributed by atoms with Crippen molar-refractivity contribution >= 4 is 11.8 Å². The summed E-state index contributed by atoms with van der Waals surface area (Å²) in [5.74, 6) is -0.828. The molecule has 6 nitrogen and oxygen atoms in total. The summed E-state index contributed by atoms with van der Waals surface area (Å²) in [6.45, 7) is 0. The Bertz CT molecular complexity index is 480. The van der Waals surface area contributed by atoms with E-state index in [4.69, 9.17) is 11.0 Å². The lowest BCUT2D eigenvalue weighted by Gasteiger charge is -2.32. The Morgan fingerprint density at radius 1 is 1.47 bits per heavy atom. The van der Waals surface area contributed by atoms with E-state index in [9.17, 15) is 9.90 Å². The number of nitriles is 1. The Balaban J connectivity index is 2.53. The molecule has 0 amide bonds. The van der Waals surface area contributed by atoms with Crippen LogP contribution in [0.3, 0.4) is 0 Å². The van der Waals surface area contributed by atoms with Gasteiger partial charge in [-0.1, -0.05) is 19.3 Å². The molecule has 1 fully saturated rings. The summed E-state index contributed by atoms with van der Waals surface area (Å²) >= 11 is 0. The van der Waals surface area contributed by atoms with Gasteiger partial charge in [-0.15, -0.1) is 0 Å². The number of hydrogen-bond acceptors (Lipinski definition) is 4. The number of nitrogens with zero attached hydrogens (tertiary/aromatic N) is 2. The molecule has 0 unspecified atom stereocenters. The molecule has 1 heterocycles. The van der Waals surface area contributed by atoms with E-state index >= 15 is 0 Å². The van der Waals surface area contributed by atoms with Crippen LogP contribution in [0.15, 0.2) is 0 Å². The lowest BCUT2D eigenvalue weighted by Crippen LogP contribution is -2.38. The Kier molecular flexibility index (Phi) is 2.76. The van der Waals surface area contributed by atoms with Crippen LogP contribution in [0.2, 0.25) is 0 Å². The highest BCUT2D eigenvalue weighted by atomic mass is 16.4. The van der Waals surface area contributed by atoms with Crippen LogP contribution in [0.5, 0.6) is 0 Å². The fourth-order valence-corrected chi connectivity index (χ4v) is 2.54. The fraction of sp³-hybridized carbons (Fsp3) is 0.545. The predicted octanol–water partition coefficient (Wildman–Crippen LogP) is 1.15. The topological polar surface area (TPSA) is 116 Å². The standard InChI is InChI=1S/C11H14N4O2/c12-6-7-8(14-15-9(7)13)11(10(16)17)4-2-1-3-5-11/h1-5H2,(H,16,17)(H3,13,14,15). The van der Waals surface area contributed by atoms with Gasteiger partial charge in [0.25, 0.3) is 0 Å². The third kappa shape index (κ3) is 1.64. The number of nitrogens with one attached hydrogen (secondary N) is 1. The minimum Gasteiger partial charge on any atom is -0.481 e. The molecule has 1 aromatic heterocycles. The van der Waals surface area contributed by atoms with Crippen LogP contribution in [0, 0.1) is 11.3 Å². The first kappa shape index (κ1) is 11.5. The van der Waals surface area contributed by atoms with Gasteiger partial charge >= 0.3 is 5.97 Å². The van der Waals surface area contributed by atoms with Crippen molar-refractivity contribution in [2.45, 2.75) is 37.5 Å². The van der Waals surface area contributed by atoms with E-state index in [2.05, 4.69) is 10.2 Å². The maximum Gasteiger partial charge on any atom is 0.315 e. The first-order valence-corrected chi connectivity index (χ1v) is 5.59. The summed E-state index contributed by atoms with van der Waals surface area (Å²) in [5.41, 5.74) is 5.08. The average molecular weight is 234 g/mol. The predicted molar refractivity (Wildman–Crippen MR) is 60.1 cm³/mol. The van der Waals surface area contributed by atoms with Crippen molar-refractivity contribution in [3.05, 3.63) is 11.3 Å². The zero-order valence-electron chi connectivity index (χ0n) is 9.36. The second kappa shape index (κ2) is 4.09. The first-order chi connectivity index (χ1) is 8.12. The lowest BCUT2D eigenvalue weighted by atomic mass is 9.71. The zero-order valence-corrected chi connectivity index (χ0v) is 9.36. The number of anilines is 1. The van der Waals surface area contributed by atoms with Crippen LogP contribution in [0.25, 0.3) is 0 Å². The number of nitrogens with two attached hydrogens (primary N) is 1. The molecular weight excluding hydrogens is 220 g/mol. The van der Waals surface area contributed by atoms with E-state index in [1.165, 1.54) is 0 Å². The van der Waals surface area contributed by atoms with Crippen molar-refractivity contribution in [3.8, 4) is 6.07 Å². The third-order valence-corrected chi connectivity index (χ3v) is 3.50. The molecule has 0 bridgehead atoms. The van der Waals surface area contributed by atoms with E-state index in [-0.39, 0.29) is 11.4 Å². The van der Waals surface area contributed by atoms with Crippen LogP contribution >= 0.6 is 0 Å². The maximum absolute atomic E-state index is 11.6. The molecule has 1 aromatic rings. The molecule has 4 N–H and O–H groups in total. The highest BCUT2D eigenvalue weighted by molar-refractivity contribution is 5.82. The normalized spacial score (nSPS) is 18.5. The maximum atomic E-state index is 11.6. The number of carbonyl (C=O) groups is 1. The Morgan fingerprint density at radius 3 is 2.65 bits per heavy atom. The van der Waals surface area contributed by atoms with E-state index < -0.39 is 11.4 Å². The van der Waals surface area contributed by atoms with Gasteiger partial charge in [-0.05, 0) is 12.8 Å². The van der Waals surface area contributed by atoms with Gasteiger partial charge < -0.3 is 10.8 Å². The molecule has 0 atom stereocenters. The first-order valence-electron chi connectivity index (χ1n) is 5.59. The fourth-order valence-electron chi connectivity index (χ4n) is 2.54. The highest BCUT2D eigenvalue weighted by Crippen LogP contribution is 2.41. The number of carboxylic acid groups (broad SMARTS) is 1.